The van der Waals surface area contributed by atoms with Crippen LogP contribution >= 0.6 is 23.1 Å². The van der Waals surface area contributed by atoms with Gasteiger partial charge in [-0.2, -0.15) is 18.1 Å². The summed E-state index contributed by atoms with van der Waals surface area (Å²) in [4.78, 5) is 4.80. The van der Waals surface area contributed by atoms with Crippen LogP contribution in [0.2, 0.25) is 0 Å². The standard InChI is InChI=1S/C4H2F3NS.ClH3N2/c5-4(6,7)3-1-9-2-8-3;1-3-2/h1-2H;3H,2H2. The highest BCUT2D eigenvalue weighted by atomic mass is 35.5. The molecule has 1 rings (SSSR count). The third-order valence-corrected chi connectivity index (χ3v) is 1.31. The SMILES string of the molecule is FC(F)(F)c1cscn1.NNCl. The van der Waals surface area contributed by atoms with Crippen molar-refractivity contribution < 1.29 is 13.2 Å². The number of hydrogen-bond acceptors (Lipinski definition) is 4. The number of halogens is 4. The van der Waals surface area contributed by atoms with Crippen LogP contribution in [0.15, 0.2) is 10.9 Å². The van der Waals surface area contributed by atoms with Crippen molar-refractivity contribution in [2.75, 3.05) is 0 Å². The Balaban J connectivity index is 0.000000354. The molecule has 0 aliphatic heterocycles. The van der Waals surface area contributed by atoms with E-state index in [9.17, 15) is 13.2 Å². The molecule has 0 saturated carbocycles. The van der Waals surface area contributed by atoms with Crippen molar-refractivity contribution in [1.29, 1.82) is 0 Å². The van der Waals surface area contributed by atoms with Crippen molar-refractivity contribution in [1.82, 2.24) is 9.93 Å². The van der Waals surface area contributed by atoms with Crippen molar-refractivity contribution in [2.45, 2.75) is 6.18 Å². The molecule has 0 bridgehead atoms. The number of aromatic nitrogens is 1. The molecule has 0 saturated heterocycles. The van der Waals surface area contributed by atoms with E-state index in [-0.39, 0.29) is 0 Å². The van der Waals surface area contributed by atoms with Gasteiger partial charge in [-0.1, -0.05) is 0 Å². The lowest BCUT2D eigenvalue weighted by atomic mass is 10.5. The van der Waals surface area contributed by atoms with E-state index in [0.29, 0.717) is 0 Å². The summed E-state index contributed by atoms with van der Waals surface area (Å²) < 4.78 is 34.7. The van der Waals surface area contributed by atoms with Crippen LogP contribution in [-0.2, 0) is 6.18 Å². The van der Waals surface area contributed by atoms with Crippen molar-refractivity contribution in [3.8, 4) is 0 Å². The smallest absolute Gasteiger partial charge is 0.257 e. The van der Waals surface area contributed by atoms with E-state index in [0.717, 1.165) is 22.2 Å². The van der Waals surface area contributed by atoms with Gasteiger partial charge in [0.1, 0.15) is 0 Å². The van der Waals surface area contributed by atoms with E-state index in [2.05, 4.69) is 22.6 Å². The first-order chi connectivity index (χ1) is 5.52. The summed E-state index contributed by atoms with van der Waals surface area (Å²) in [5.41, 5.74) is 0.343. The summed E-state index contributed by atoms with van der Waals surface area (Å²) in [7, 11) is 0. The molecular formula is C4H5ClF3N3S. The summed E-state index contributed by atoms with van der Waals surface area (Å²) >= 11 is 5.46. The second-order valence-corrected chi connectivity index (χ2v) is 2.42. The maximum Gasteiger partial charge on any atom is 0.434 e. The molecule has 3 nitrogen and oxygen atoms in total. The number of nitrogens with zero attached hydrogens (tertiary/aromatic N) is 1. The number of nitrogens with one attached hydrogen (secondary N) is 1. The van der Waals surface area contributed by atoms with Gasteiger partial charge in [-0.15, -0.1) is 11.3 Å². The lowest BCUT2D eigenvalue weighted by Gasteiger charge is -1.98. The molecule has 0 aromatic carbocycles. The largest absolute Gasteiger partial charge is 0.434 e. The number of hydrazine groups is 1. The van der Waals surface area contributed by atoms with E-state index in [1.807, 2.05) is 0 Å². The van der Waals surface area contributed by atoms with Crippen LogP contribution in [0.25, 0.3) is 0 Å². The first-order valence-electron chi connectivity index (χ1n) is 2.54. The van der Waals surface area contributed by atoms with Gasteiger partial charge >= 0.3 is 6.18 Å². The van der Waals surface area contributed by atoms with Gasteiger partial charge in [0.2, 0.25) is 0 Å². The molecule has 3 N–H and O–H groups in total. The molecule has 1 heterocycles. The van der Waals surface area contributed by atoms with E-state index in [4.69, 9.17) is 0 Å². The highest BCUT2D eigenvalue weighted by molar-refractivity contribution is 7.07. The summed E-state index contributed by atoms with van der Waals surface area (Å²) in [6, 6.07) is 0. The van der Waals surface area contributed by atoms with E-state index < -0.39 is 11.9 Å². The fourth-order valence-electron chi connectivity index (χ4n) is 0.353. The van der Waals surface area contributed by atoms with Gasteiger partial charge in [0, 0.05) is 5.38 Å². The molecule has 0 atom stereocenters. The molecule has 0 aliphatic carbocycles. The van der Waals surface area contributed by atoms with Crippen LogP contribution in [0, 0.1) is 0 Å². The Morgan fingerprint density at radius 3 is 2.25 bits per heavy atom. The maximum absolute atomic E-state index is 11.6. The summed E-state index contributed by atoms with van der Waals surface area (Å²) in [6.45, 7) is 0. The lowest BCUT2D eigenvalue weighted by molar-refractivity contribution is -0.140. The van der Waals surface area contributed by atoms with Gasteiger partial charge < -0.3 is 0 Å². The zero-order chi connectivity index (χ0) is 9.61. The zero-order valence-corrected chi connectivity index (χ0v) is 7.17. The van der Waals surface area contributed by atoms with Crippen molar-refractivity contribution >= 4 is 23.1 Å². The Labute approximate surface area is 75.4 Å². The Morgan fingerprint density at radius 2 is 2.08 bits per heavy atom. The number of thiazole rings is 1. The topological polar surface area (TPSA) is 50.9 Å². The molecular weight excluding hydrogens is 215 g/mol. The van der Waals surface area contributed by atoms with Gasteiger partial charge in [0.15, 0.2) is 5.69 Å². The Morgan fingerprint density at radius 1 is 1.58 bits per heavy atom. The average Bonchev–Trinajstić information content (AvgIpc) is 2.36. The zero-order valence-electron chi connectivity index (χ0n) is 5.60. The van der Waals surface area contributed by atoms with Crippen LogP contribution in [0.5, 0.6) is 0 Å². The average molecular weight is 220 g/mol. The molecule has 0 amide bonds. The van der Waals surface area contributed by atoms with Crippen molar-refractivity contribution in [3.05, 3.63) is 16.6 Å². The van der Waals surface area contributed by atoms with Gasteiger partial charge in [-0.25, -0.2) is 4.98 Å². The normalized spacial score (nSPS) is 10.4. The predicted molar refractivity (Wildman–Crippen MR) is 40.3 cm³/mol. The molecule has 0 unspecified atom stereocenters. The van der Waals surface area contributed by atoms with Gasteiger partial charge in [0.25, 0.3) is 0 Å². The fraction of sp³-hybridized carbons (Fsp3) is 0.250. The second-order valence-electron chi connectivity index (χ2n) is 1.48. The molecule has 12 heavy (non-hydrogen) atoms. The molecule has 1 aromatic heterocycles. The predicted octanol–water partition coefficient (Wildman–Crippen LogP) is 1.77. The summed E-state index contributed by atoms with van der Waals surface area (Å²) in [6.07, 6.45) is -4.28. The highest BCUT2D eigenvalue weighted by Gasteiger charge is 2.32. The van der Waals surface area contributed by atoms with Crippen LogP contribution in [0.1, 0.15) is 5.69 Å². The van der Waals surface area contributed by atoms with Gasteiger partial charge in [-0.05, 0) is 11.8 Å². The molecule has 0 aliphatic rings. The number of hydrogen-bond donors (Lipinski definition) is 2. The second kappa shape index (κ2) is 5.31. The van der Waals surface area contributed by atoms with E-state index >= 15 is 0 Å². The van der Waals surface area contributed by atoms with Gasteiger partial charge in [0.05, 0.1) is 5.51 Å². The minimum Gasteiger partial charge on any atom is -0.257 e. The Hall–Kier alpha value is -0.370. The third kappa shape index (κ3) is 4.50. The van der Waals surface area contributed by atoms with Crippen LogP contribution in [-0.4, -0.2) is 4.98 Å². The molecule has 0 spiro atoms. The fourth-order valence-corrected chi connectivity index (χ4v) is 0.911. The highest BCUT2D eigenvalue weighted by Crippen LogP contribution is 2.28. The monoisotopic (exact) mass is 219 g/mol. The van der Waals surface area contributed by atoms with E-state index in [1.165, 1.54) is 0 Å². The molecule has 70 valence electrons. The Kier molecular flexibility index (Phi) is 5.14. The number of nitrogens with two attached hydrogens (primary N) is 1. The molecule has 0 radical (unpaired) electrons. The van der Waals surface area contributed by atoms with Crippen molar-refractivity contribution in [3.63, 3.8) is 0 Å². The number of rotatable bonds is 0. The minimum absolute atomic E-state index is 0.813. The first kappa shape index (κ1) is 11.6. The quantitative estimate of drug-likeness (QED) is 0.397. The van der Waals surface area contributed by atoms with Crippen LogP contribution in [0.3, 0.4) is 0 Å². The Bertz CT molecular complexity index is 200. The molecule has 1 aromatic rings. The lowest BCUT2D eigenvalue weighted by Crippen LogP contribution is -2.05. The number of alkyl halides is 3. The molecule has 8 heteroatoms. The summed E-state index contributed by atoms with van der Waals surface area (Å²) in [5, 5.41) is 0.972. The van der Waals surface area contributed by atoms with Crippen LogP contribution < -0.4 is 10.8 Å². The van der Waals surface area contributed by atoms with E-state index in [1.54, 1.807) is 4.94 Å². The van der Waals surface area contributed by atoms with Gasteiger partial charge in [-0.3, -0.25) is 5.84 Å². The first-order valence-corrected chi connectivity index (χ1v) is 3.86. The summed E-state index contributed by atoms with van der Waals surface area (Å²) in [5.74, 6) is 4.36. The molecule has 0 fully saturated rings. The van der Waals surface area contributed by atoms with Crippen molar-refractivity contribution in [2.24, 2.45) is 5.84 Å². The maximum atomic E-state index is 11.6. The third-order valence-electron chi connectivity index (χ3n) is 0.723. The van der Waals surface area contributed by atoms with Crippen LogP contribution in [0.4, 0.5) is 13.2 Å². The minimum atomic E-state index is -4.28.